The molecule has 0 saturated heterocycles. The Balaban J connectivity index is 1.78. The highest BCUT2D eigenvalue weighted by atomic mass is 16.5. The van der Waals surface area contributed by atoms with Crippen molar-refractivity contribution >= 4 is 11.0 Å². The van der Waals surface area contributed by atoms with Crippen LogP contribution in [0.2, 0.25) is 0 Å². The number of fused-ring (bicyclic) bond motifs is 1. The van der Waals surface area contributed by atoms with E-state index < -0.39 is 0 Å². The summed E-state index contributed by atoms with van der Waals surface area (Å²) in [6.07, 6.45) is 5.50. The number of nitriles is 1. The predicted octanol–water partition coefficient (Wildman–Crippen LogP) is 7.15. The van der Waals surface area contributed by atoms with E-state index in [0.717, 1.165) is 65.8 Å². The van der Waals surface area contributed by atoms with Crippen LogP contribution in [0.25, 0.3) is 33.4 Å². The highest BCUT2D eigenvalue weighted by Crippen LogP contribution is 2.34. The number of rotatable bonds is 9. The summed E-state index contributed by atoms with van der Waals surface area (Å²) in [7, 11) is 0. The Morgan fingerprint density at radius 3 is 2.39 bits per heavy atom. The second-order valence-corrected chi connectivity index (χ2v) is 8.57. The largest absolute Gasteiger partial charge is 0.376 e. The number of aromatic nitrogens is 2. The first kappa shape index (κ1) is 22.8. The second-order valence-electron chi connectivity index (χ2n) is 8.57. The van der Waals surface area contributed by atoms with E-state index in [9.17, 15) is 5.26 Å². The lowest BCUT2D eigenvalue weighted by atomic mass is 9.97. The molecule has 33 heavy (non-hydrogen) atoms. The van der Waals surface area contributed by atoms with Gasteiger partial charge in [-0.05, 0) is 49.6 Å². The first-order valence-corrected chi connectivity index (χ1v) is 11.8. The number of pyridine rings is 1. The Kier molecular flexibility index (Phi) is 7.22. The van der Waals surface area contributed by atoms with Crippen molar-refractivity contribution in [1.82, 2.24) is 9.55 Å². The highest BCUT2D eigenvalue weighted by Gasteiger charge is 2.16. The van der Waals surface area contributed by atoms with Gasteiger partial charge < -0.3 is 9.30 Å². The van der Waals surface area contributed by atoms with Crippen LogP contribution in [0.4, 0.5) is 0 Å². The molecule has 2 aromatic heterocycles. The summed E-state index contributed by atoms with van der Waals surface area (Å²) in [6, 6.07) is 22.8. The topological polar surface area (TPSA) is 50.8 Å². The van der Waals surface area contributed by atoms with Crippen molar-refractivity contribution in [3.05, 3.63) is 78.0 Å². The van der Waals surface area contributed by atoms with E-state index in [4.69, 9.17) is 9.72 Å². The van der Waals surface area contributed by atoms with Gasteiger partial charge in [-0.15, -0.1) is 0 Å². The fourth-order valence-electron chi connectivity index (χ4n) is 4.06. The molecule has 0 fully saturated rings. The van der Waals surface area contributed by atoms with Crippen molar-refractivity contribution in [2.75, 3.05) is 6.61 Å². The number of aryl methyl sites for hydroxylation is 1. The molecule has 0 saturated carbocycles. The average Bonchev–Trinajstić information content (AvgIpc) is 3.25. The van der Waals surface area contributed by atoms with Gasteiger partial charge in [0.15, 0.2) is 0 Å². The number of ether oxygens (including phenoxy) is 1. The summed E-state index contributed by atoms with van der Waals surface area (Å²) in [5.74, 6) is 0. The van der Waals surface area contributed by atoms with E-state index in [1.54, 1.807) is 0 Å². The molecule has 4 nitrogen and oxygen atoms in total. The zero-order valence-corrected chi connectivity index (χ0v) is 19.7. The lowest BCUT2D eigenvalue weighted by Gasteiger charge is -2.18. The van der Waals surface area contributed by atoms with Gasteiger partial charge in [0.1, 0.15) is 0 Å². The molecule has 0 aliphatic rings. The maximum absolute atomic E-state index is 9.21. The van der Waals surface area contributed by atoms with Crippen LogP contribution < -0.4 is 0 Å². The van der Waals surface area contributed by atoms with Gasteiger partial charge in [-0.2, -0.15) is 5.26 Å². The second kappa shape index (κ2) is 10.5. The summed E-state index contributed by atoms with van der Waals surface area (Å²) in [6.45, 7) is 8.07. The fraction of sp³-hybridized carbons (Fsp3) is 0.310. The van der Waals surface area contributed by atoms with Crippen LogP contribution >= 0.6 is 0 Å². The first-order valence-electron chi connectivity index (χ1n) is 11.8. The van der Waals surface area contributed by atoms with E-state index in [-0.39, 0.29) is 6.10 Å². The van der Waals surface area contributed by atoms with E-state index in [0.29, 0.717) is 5.56 Å². The monoisotopic (exact) mass is 437 g/mol. The normalized spacial score (nSPS) is 12.1. The quantitative estimate of drug-likeness (QED) is 0.261. The third-order valence-corrected chi connectivity index (χ3v) is 6.11. The van der Waals surface area contributed by atoms with Crippen molar-refractivity contribution < 1.29 is 4.74 Å². The molecule has 0 bridgehead atoms. The molecular weight excluding hydrogens is 406 g/mol. The summed E-state index contributed by atoms with van der Waals surface area (Å²) >= 11 is 0. The summed E-state index contributed by atoms with van der Waals surface area (Å²) in [4.78, 5) is 5.10. The van der Waals surface area contributed by atoms with Crippen molar-refractivity contribution in [1.29, 1.82) is 5.26 Å². The lowest BCUT2D eigenvalue weighted by molar-refractivity contribution is 0.0381. The molecule has 0 amide bonds. The predicted molar refractivity (Wildman–Crippen MR) is 135 cm³/mol. The average molecular weight is 438 g/mol. The Labute approximate surface area is 196 Å². The number of hydrogen-bond donors (Lipinski definition) is 0. The number of unbranched alkanes of at least 4 members (excludes halogenated alkanes) is 1. The minimum absolute atomic E-state index is 0.183. The Hall–Kier alpha value is -3.42. The first-order chi connectivity index (χ1) is 16.1. The smallest absolute Gasteiger partial charge is 0.0991 e. The number of benzene rings is 2. The van der Waals surface area contributed by atoms with Gasteiger partial charge in [-0.25, -0.2) is 4.98 Å². The van der Waals surface area contributed by atoms with Gasteiger partial charge in [-0.1, -0.05) is 62.2 Å². The van der Waals surface area contributed by atoms with Crippen molar-refractivity contribution in [3.8, 4) is 28.5 Å². The Morgan fingerprint density at radius 1 is 1.00 bits per heavy atom. The Morgan fingerprint density at radius 2 is 1.73 bits per heavy atom. The van der Waals surface area contributed by atoms with Crippen molar-refractivity contribution in [3.63, 3.8) is 0 Å². The van der Waals surface area contributed by atoms with Crippen LogP contribution in [0, 0.1) is 18.3 Å². The van der Waals surface area contributed by atoms with E-state index >= 15 is 0 Å². The fourth-order valence-corrected chi connectivity index (χ4v) is 4.06. The minimum atomic E-state index is 0.183. The molecule has 0 aliphatic carbocycles. The van der Waals surface area contributed by atoms with Gasteiger partial charge in [-0.3, -0.25) is 0 Å². The van der Waals surface area contributed by atoms with Crippen LogP contribution in [-0.2, 0) is 11.3 Å². The van der Waals surface area contributed by atoms with Crippen LogP contribution in [-0.4, -0.2) is 22.3 Å². The molecule has 168 valence electrons. The molecule has 0 aliphatic heterocycles. The van der Waals surface area contributed by atoms with Crippen molar-refractivity contribution in [2.45, 2.75) is 52.7 Å². The van der Waals surface area contributed by atoms with E-state index in [1.807, 2.05) is 24.3 Å². The van der Waals surface area contributed by atoms with Gasteiger partial charge in [0.2, 0.25) is 0 Å². The molecule has 0 radical (unpaired) electrons. The zero-order chi connectivity index (χ0) is 23.2. The maximum Gasteiger partial charge on any atom is 0.0991 e. The lowest BCUT2D eigenvalue weighted by Crippen LogP contribution is -2.19. The maximum atomic E-state index is 9.21. The van der Waals surface area contributed by atoms with Crippen LogP contribution in [0.1, 0.15) is 44.2 Å². The van der Waals surface area contributed by atoms with Crippen molar-refractivity contribution in [2.24, 2.45) is 0 Å². The molecule has 4 rings (SSSR count). The minimum Gasteiger partial charge on any atom is -0.376 e. The van der Waals surface area contributed by atoms with E-state index in [1.165, 1.54) is 5.56 Å². The molecule has 2 heterocycles. The molecular formula is C29H31N3O. The molecule has 4 heteroatoms. The van der Waals surface area contributed by atoms with Crippen LogP contribution in [0.15, 0.2) is 66.9 Å². The highest BCUT2D eigenvalue weighted by molar-refractivity contribution is 5.90. The van der Waals surface area contributed by atoms with Crippen LogP contribution in [0.3, 0.4) is 0 Å². The third-order valence-electron chi connectivity index (χ3n) is 6.11. The third kappa shape index (κ3) is 5.16. The molecule has 4 aromatic rings. The summed E-state index contributed by atoms with van der Waals surface area (Å²) in [5, 5.41) is 9.21. The van der Waals surface area contributed by atoms with Gasteiger partial charge in [0, 0.05) is 30.5 Å². The zero-order valence-electron chi connectivity index (χ0n) is 19.7. The van der Waals surface area contributed by atoms with Crippen LogP contribution in [0.5, 0.6) is 0 Å². The summed E-state index contributed by atoms with van der Waals surface area (Å²) < 4.78 is 8.39. The molecule has 0 spiro atoms. The number of nitrogens with zero attached hydrogens (tertiary/aromatic N) is 3. The van der Waals surface area contributed by atoms with E-state index in [2.05, 4.69) is 74.0 Å². The molecule has 1 atom stereocenters. The standard InChI is InChI=1S/C29H31N3O/c1-4-6-17-33-25(5-2)20-32-16-15-27-28(32)18-26(23-13-9-22(19-30)10-14-23)29(31-27)24-11-7-21(3)8-12-24/h7-16,18,25H,4-6,17,20H2,1-3H3. The van der Waals surface area contributed by atoms with Gasteiger partial charge in [0.05, 0.1) is 34.5 Å². The SMILES string of the molecule is CCCCOC(CC)Cn1ccc2nc(-c3ccc(C)cc3)c(-c3ccc(C#N)cc3)cc21. The van der Waals surface area contributed by atoms with Gasteiger partial charge >= 0.3 is 0 Å². The summed E-state index contributed by atoms with van der Waals surface area (Å²) in [5.41, 5.74) is 8.12. The molecule has 2 aromatic carbocycles. The van der Waals surface area contributed by atoms with Gasteiger partial charge in [0.25, 0.3) is 0 Å². The number of hydrogen-bond acceptors (Lipinski definition) is 3. The Bertz CT molecular complexity index is 1250. The molecule has 0 N–H and O–H groups in total. The molecule has 1 unspecified atom stereocenters.